The van der Waals surface area contributed by atoms with E-state index in [-0.39, 0.29) is 11.9 Å². The van der Waals surface area contributed by atoms with Crippen LogP contribution in [-0.2, 0) is 0 Å². The molecule has 5 rings (SSSR count). The Bertz CT molecular complexity index is 928. The molecule has 0 radical (unpaired) electrons. The Morgan fingerprint density at radius 3 is 2.52 bits per heavy atom. The van der Waals surface area contributed by atoms with Crippen LogP contribution in [0.1, 0.15) is 65.5 Å². The Kier molecular flexibility index (Phi) is 5.09. The summed E-state index contributed by atoms with van der Waals surface area (Å²) in [6, 6.07) is 14.7. The second-order valence-electron chi connectivity index (χ2n) is 8.54. The number of halogens is 1. The predicted molar refractivity (Wildman–Crippen MR) is 119 cm³/mol. The second kappa shape index (κ2) is 7.87. The monoisotopic (exact) mass is 406 g/mol. The van der Waals surface area contributed by atoms with Crippen LogP contribution in [0.2, 0.25) is 5.02 Å². The topological polar surface area (TPSA) is 32.3 Å². The van der Waals surface area contributed by atoms with Gasteiger partial charge in [0, 0.05) is 35.3 Å². The van der Waals surface area contributed by atoms with Crippen LogP contribution in [0.15, 0.2) is 54.6 Å². The molecular formula is C25H27ClN2O. The number of nitrogens with one attached hydrogen (secondary N) is 1. The lowest BCUT2D eigenvalue weighted by Crippen LogP contribution is -2.33. The lowest BCUT2D eigenvalue weighted by Gasteiger charge is -2.38. The van der Waals surface area contributed by atoms with Crippen LogP contribution in [0.4, 0.5) is 5.69 Å². The maximum atomic E-state index is 13.1. The molecule has 3 atom stereocenters. The summed E-state index contributed by atoms with van der Waals surface area (Å²) < 4.78 is 0. The molecule has 1 fully saturated rings. The molecule has 0 spiro atoms. The van der Waals surface area contributed by atoms with E-state index in [1.165, 1.54) is 24.0 Å². The van der Waals surface area contributed by atoms with E-state index in [0.717, 1.165) is 48.6 Å². The highest BCUT2D eigenvalue weighted by molar-refractivity contribution is 6.30. The normalized spacial score (nSPS) is 25.7. The van der Waals surface area contributed by atoms with Gasteiger partial charge in [-0.2, -0.15) is 0 Å². The van der Waals surface area contributed by atoms with Crippen molar-refractivity contribution >= 4 is 23.2 Å². The van der Waals surface area contributed by atoms with Crippen molar-refractivity contribution in [2.75, 3.05) is 18.4 Å². The van der Waals surface area contributed by atoms with Gasteiger partial charge in [0.15, 0.2) is 0 Å². The molecule has 1 saturated heterocycles. The summed E-state index contributed by atoms with van der Waals surface area (Å²) in [7, 11) is 0. The molecule has 2 aromatic rings. The highest BCUT2D eigenvalue weighted by atomic mass is 35.5. The zero-order valence-corrected chi connectivity index (χ0v) is 17.4. The summed E-state index contributed by atoms with van der Waals surface area (Å²) in [5.74, 6) is 1.00. The van der Waals surface area contributed by atoms with Crippen LogP contribution >= 0.6 is 11.6 Å². The van der Waals surface area contributed by atoms with Gasteiger partial charge in [0.2, 0.25) is 0 Å². The minimum absolute atomic E-state index is 0.188. The van der Waals surface area contributed by atoms with E-state index in [4.69, 9.17) is 11.6 Å². The van der Waals surface area contributed by atoms with Gasteiger partial charge in [0.05, 0.1) is 6.04 Å². The van der Waals surface area contributed by atoms with E-state index in [2.05, 4.69) is 41.7 Å². The van der Waals surface area contributed by atoms with Crippen LogP contribution in [0.3, 0.4) is 0 Å². The summed E-state index contributed by atoms with van der Waals surface area (Å²) >= 11 is 6.10. The number of benzene rings is 2. The van der Waals surface area contributed by atoms with Crippen molar-refractivity contribution in [1.82, 2.24) is 4.90 Å². The predicted octanol–water partition coefficient (Wildman–Crippen LogP) is 6.18. The first-order valence-corrected chi connectivity index (χ1v) is 11.2. The summed E-state index contributed by atoms with van der Waals surface area (Å²) in [6.45, 7) is 1.78. The molecule has 29 heavy (non-hydrogen) atoms. The SMILES string of the molecule is O=C(c1ccc2c(c1)[C@H]1C=CC[C@H]1[C@H](c1ccc(Cl)cc1)N2)N1CCCCCC1. The maximum absolute atomic E-state index is 13.1. The van der Waals surface area contributed by atoms with Crippen molar-refractivity contribution in [2.45, 2.75) is 44.1 Å². The van der Waals surface area contributed by atoms with Gasteiger partial charge in [-0.3, -0.25) is 4.79 Å². The Morgan fingerprint density at radius 2 is 1.76 bits per heavy atom. The van der Waals surface area contributed by atoms with Crippen molar-refractivity contribution in [2.24, 2.45) is 5.92 Å². The Hall–Kier alpha value is -2.26. The highest BCUT2D eigenvalue weighted by Crippen LogP contribution is 2.50. The van der Waals surface area contributed by atoms with Gasteiger partial charge in [-0.15, -0.1) is 0 Å². The van der Waals surface area contributed by atoms with Crippen LogP contribution < -0.4 is 5.32 Å². The van der Waals surface area contributed by atoms with Crippen molar-refractivity contribution < 1.29 is 4.79 Å². The van der Waals surface area contributed by atoms with Gasteiger partial charge in [0.25, 0.3) is 5.91 Å². The molecule has 4 heteroatoms. The smallest absolute Gasteiger partial charge is 0.253 e. The molecule has 1 N–H and O–H groups in total. The van der Waals surface area contributed by atoms with Gasteiger partial charge in [-0.05, 0) is 66.6 Å². The Balaban J connectivity index is 1.45. The first-order chi connectivity index (χ1) is 14.2. The van der Waals surface area contributed by atoms with Crippen LogP contribution in [0, 0.1) is 5.92 Å². The average Bonchev–Trinajstić information content (AvgIpc) is 3.09. The molecule has 0 aromatic heterocycles. The minimum Gasteiger partial charge on any atom is -0.378 e. The van der Waals surface area contributed by atoms with E-state index in [1.807, 2.05) is 23.1 Å². The number of likely N-dealkylation sites (tertiary alicyclic amines) is 1. The zero-order chi connectivity index (χ0) is 19.8. The number of nitrogens with zero attached hydrogens (tertiary/aromatic N) is 1. The number of anilines is 1. The van der Waals surface area contributed by atoms with Gasteiger partial charge in [0.1, 0.15) is 0 Å². The fourth-order valence-corrected chi connectivity index (χ4v) is 5.31. The highest BCUT2D eigenvalue weighted by Gasteiger charge is 2.38. The zero-order valence-electron chi connectivity index (χ0n) is 16.6. The molecule has 0 unspecified atom stereocenters. The molecule has 2 aromatic carbocycles. The number of carbonyl (C=O) groups excluding carboxylic acids is 1. The Labute approximate surface area is 177 Å². The Morgan fingerprint density at radius 1 is 1.00 bits per heavy atom. The fourth-order valence-electron chi connectivity index (χ4n) is 5.18. The van der Waals surface area contributed by atoms with Gasteiger partial charge < -0.3 is 10.2 Å². The molecule has 2 heterocycles. The molecule has 0 bridgehead atoms. The summed E-state index contributed by atoms with van der Waals surface area (Å²) in [4.78, 5) is 15.2. The number of hydrogen-bond donors (Lipinski definition) is 1. The average molecular weight is 407 g/mol. The number of fused-ring (bicyclic) bond motifs is 3. The van der Waals surface area contributed by atoms with Crippen LogP contribution in [0.5, 0.6) is 0 Å². The first kappa shape index (κ1) is 18.7. The molecular weight excluding hydrogens is 380 g/mol. The summed E-state index contributed by atoms with van der Waals surface area (Å²) in [5, 5.41) is 4.52. The van der Waals surface area contributed by atoms with Crippen molar-refractivity contribution in [1.29, 1.82) is 0 Å². The fraction of sp³-hybridized carbons (Fsp3) is 0.400. The largest absolute Gasteiger partial charge is 0.378 e. The number of rotatable bonds is 2. The molecule has 150 valence electrons. The van der Waals surface area contributed by atoms with Gasteiger partial charge in [-0.25, -0.2) is 0 Å². The molecule has 1 aliphatic carbocycles. The standard InChI is InChI=1S/C25H27ClN2O/c26-19-11-8-17(9-12-19)24-21-7-5-6-20(21)22-16-18(10-13-23(22)27-24)25(29)28-14-3-1-2-4-15-28/h5-6,8-13,16,20-21,24,27H,1-4,7,14-15H2/t20-,21+,24-/m0/s1. The number of allylic oxidation sites excluding steroid dienone is 2. The molecule has 2 aliphatic heterocycles. The third kappa shape index (κ3) is 3.57. The maximum Gasteiger partial charge on any atom is 0.253 e. The third-order valence-electron chi connectivity index (χ3n) is 6.73. The number of carbonyl (C=O) groups is 1. The quantitative estimate of drug-likeness (QED) is 0.603. The lowest BCUT2D eigenvalue weighted by molar-refractivity contribution is 0.0761. The molecule has 1 amide bonds. The van der Waals surface area contributed by atoms with E-state index < -0.39 is 0 Å². The van der Waals surface area contributed by atoms with E-state index >= 15 is 0 Å². The van der Waals surface area contributed by atoms with Crippen LogP contribution in [-0.4, -0.2) is 23.9 Å². The van der Waals surface area contributed by atoms with Crippen molar-refractivity contribution in [3.63, 3.8) is 0 Å². The summed E-state index contributed by atoms with van der Waals surface area (Å²) in [5.41, 5.74) is 4.50. The van der Waals surface area contributed by atoms with Gasteiger partial charge >= 0.3 is 0 Å². The third-order valence-corrected chi connectivity index (χ3v) is 6.98. The molecule has 3 aliphatic rings. The lowest BCUT2D eigenvalue weighted by atomic mass is 9.76. The second-order valence-corrected chi connectivity index (χ2v) is 8.97. The van der Waals surface area contributed by atoms with E-state index in [0.29, 0.717) is 11.8 Å². The van der Waals surface area contributed by atoms with Crippen molar-refractivity contribution in [3.8, 4) is 0 Å². The minimum atomic E-state index is 0.188. The number of hydrogen-bond acceptors (Lipinski definition) is 2. The van der Waals surface area contributed by atoms with Crippen LogP contribution in [0.25, 0.3) is 0 Å². The molecule has 0 saturated carbocycles. The summed E-state index contributed by atoms with van der Waals surface area (Å²) in [6.07, 6.45) is 10.4. The van der Waals surface area contributed by atoms with Gasteiger partial charge in [-0.1, -0.05) is 48.7 Å². The first-order valence-electron chi connectivity index (χ1n) is 10.8. The van der Waals surface area contributed by atoms with Crippen molar-refractivity contribution in [3.05, 3.63) is 76.3 Å². The number of amides is 1. The van der Waals surface area contributed by atoms with E-state index in [9.17, 15) is 4.79 Å². The van der Waals surface area contributed by atoms with E-state index in [1.54, 1.807) is 0 Å². The molecule has 3 nitrogen and oxygen atoms in total.